The highest BCUT2D eigenvalue weighted by Crippen LogP contribution is 2.07. The Morgan fingerprint density at radius 3 is 2.28 bits per heavy atom. The Morgan fingerprint density at radius 2 is 1.83 bits per heavy atom. The predicted octanol–water partition coefficient (Wildman–Crippen LogP) is 1.56. The molecule has 0 aromatic carbocycles. The van der Waals surface area contributed by atoms with Crippen molar-refractivity contribution in [1.82, 2.24) is 5.32 Å². The Kier molecular flexibility index (Phi) is 6.68. The Balaban J connectivity index is 3.87. The van der Waals surface area contributed by atoms with Gasteiger partial charge in [0.05, 0.1) is 6.10 Å². The molecule has 2 N–H and O–H groups in total. The van der Waals surface area contributed by atoms with E-state index in [1.165, 1.54) is 0 Å². The van der Waals surface area contributed by atoms with E-state index in [4.69, 9.17) is 9.47 Å². The topological polar surface area (TPSA) is 84.9 Å². The molecule has 0 heterocycles. The molecule has 1 amide bonds. The van der Waals surface area contributed by atoms with Crippen molar-refractivity contribution in [3.8, 4) is 0 Å². The molecule has 0 bridgehead atoms. The third-order valence-electron chi connectivity index (χ3n) is 1.67. The summed E-state index contributed by atoms with van der Waals surface area (Å²) >= 11 is 0. The van der Waals surface area contributed by atoms with Crippen molar-refractivity contribution < 1.29 is 24.2 Å². The minimum absolute atomic E-state index is 0.0368. The summed E-state index contributed by atoms with van der Waals surface area (Å²) in [4.78, 5) is 22.5. The lowest BCUT2D eigenvalue weighted by molar-refractivity contribution is -0.148. The van der Waals surface area contributed by atoms with E-state index in [0.29, 0.717) is 0 Å². The third-order valence-corrected chi connectivity index (χ3v) is 1.67. The normalized spacial score (nSPS) is 13.1. The van der Waals surface area contributed by atoms with Crippen LogP contribution in [0.3, 0.4) is 0 Å². The second kappa shape index (κ2) is 7.20. The Labute approximate surface area is 108 Å². The van der Waals surface area contributed by atoms with Crippen molar-refractivity contribution in [1.29, 1.82) is 0 Å². The lowest BCUT2D eigenvalue weighted by atomic mass is 10.2. The van der Waals surface area contributed by atoms with Crippen LogP contribution in [-0.2, 0) is 14.3 Å². The number of esters is 1. The van der Waals surface area contributed by atoms with Gasteiger partial charge in [-0.25, -0.2) is 4.79 Å². The fourth-order valence-electron chi connectivity index (χ4n) is 1.09. The van der Waals surface area contributed by atoms with Gasteiger partial charge in [-0.05, 0) is 34.6 Å². The first kappa shape index (κ1) is 16.7. The monoisotopic (exact) mass is 261 g/mol. The fourth-order valence-corrected chi connectivity index (χ4v) is 1.09. The summed E-state index contributed by atoms with van der Waals surface area (Å²) in [6.45, 7) is 8.65. The zero-order valence-electron chi connectivity index (χ0n) is 11.6. The number of hydrogen-bond acceptors (Lipinski definition) is 5. The molecule has 18 heavy (non-hydrogen) atoms. The summed E-state index contributed by atoms with van der Waals surface area (Å²) in [6, 6.07) is 0. The highest BCUT2D eigenvalue weighted by molar-refractivity contribution is 5.70. The highest BCUT2D eigenvalue weighted by atomic mass is 16.6. The molecule has 6 nitrogen and oxygen atoms in total. The minimum atomic E-state index is -1.13. The number of ether oxygens (including phenoxy) is 2. The number of nitrogens with one attached hydrogen (secondary N) is 1. The maximum absolute atomic E-state index is 11.3. The second-order valence-electron chi connectivity index (χ2n) is 5.24. The van der Waals surface area contributed by atoms with Crippen molar-refractivity contribution in [3.63, 3.8) is 0 Å². The first-order chi connectivity index (χ1) is 8.10. The van der Waals surface area contributed by atoms with Gasteiger partial charge >= 0.3 is 12.1 Å². The summed E-state index contributed by atoms with van der Waals surface area (Å²) in [5, 5.41) is 11.7. The first-order valence-electron chi connectivity index (χ1n) is 5.97. The number of aliphatic hydroxyl groups excluding tert-OH is 1. The van der Waals surface area contributed by atoms with Gasteiger partial charge < -0.3 is 14.6 Å². The van der Waals surface area contributed by atoms with Crippen LogP contribution in [-0.4, -0.2) is 35.1 Å². The third kappa shape index (κ3) is 9.89. The average Bonchev–Trinajstić information content (AvgIpc) is 2.10. The fraction of sp³-hybridized carbons (Fsp3) is 0.833. The summed E-state index contributed by atoms with van der Waals surface area (Å²) in [5.74, 6) is -0.407. The van der Waals surface area contributed by atoms with E-state index in [2.05, 4.69) is 5.32 Å². The molecule has 0 aliphatic heterocycles. The van der Waals surface area contributed by atoms with Crippen molar-refractivity contribution in [2.45, 2.75) is 65.4 Å². The van der Waals surface area contributed by atoms with Crippen LogP contribution in [0.5, 0.6) is 0 Å². The molecule has 0 radical (unpaired) electrons. The molecule has 0 aliphatic carbocycles. The summed E-state index contributed by atoms with van der Waals surface area (Å²) in [7, 11) is 0. The number of alkyl carbamates (subject to hydrolysis) is 1. The molecule has 0 rings (SSSR count). The second-order valence-corrected chi connectivity index (χ2v) is 5.24. The summed E-state index contributed by atoms with van der Waals surface area (Å²) in [6.07, 6.45) is -1.90. The Morgan fingerprint density at radius 1 is 1.28 bits per heavy atom. The van der Waals surface area contributed by atoms with Crippen molar-refractivity contribution in [2.75, 3.05) is 0 Å². The average molecular weight is 261 g/mol. The lowest BCUT2D eigenvalue weighted by Crippen LogP contribution is -2.39. The van der Waals surface area contributed by atoms with Crippen molar-refractivity contribution in [3.05, 3.63) is 0 Å². The van der Waals surface area contributed by atoms with Crippen LogP contribution in [0.2, 0.25) is 0 Å². The van der Waals surface area contributed by atoms with Gasteiger partial charge in [-0.3, -0.25) is 10.1 Å². The van der Waals surface area contributed by atoms with E-state index in [0.717, 1.165) is 0 Å². The molecule has 1 unspecified atom stereocenters. The number of carbonyl (C=O) groups excluding carboxylic acids is 2. The number of hydrogen-bond donors (Lipinski definition) is 2. The van der Waals surface area contributed by atoms with Crippen LogP contribution < -0.4 is 5.32 Å². The molecule has 0 saturated heterocycles. The SMILES string of the molecule is CC(C)OC(=O)CCC(O)NC(=O)OC(C)(C)C. The van der Waals surface area contributed by atoms with E-state index in [-0.39, 0.29) is 18.9 Å². The molecule has 6 heteroatoms. The summed E-state index contributed by atoms with van der Waals surface area (Å²) < 4.78 is 9.85. The molecule has 0 saturated carbocycles. The number of rotatable bonds is 5. The molecule has 1 atom stereocenters. The predicted molar refractivity (Wildman–Crippen MR) is 65.8 cm³/mol. The Bertz CT molecular complexity index is 283. The standard InChI is InChI=1S/C12H23NO5/c1-8(2)17-10(15)7-6-9(14)13-11(16)18-12(3,4)5/h8-9,14H,6-7H2,1-5H3,(H,13,16). The molecule has 106 valence electrons. The zero-order valence-corrected chi connectivity index (χ0v) is 11.6. The quantitative estimate of drug-likeness (QED) is 0.579. The van der Waals surface area contributed by atoms with Gasteiger partial charge in [-0.2, -0.15) is 0 Å². The van der Waals surface area contributed by atoms with Crippen LogP contribution in [0.15, 0.2) is 0 Å². The number of aliphatic hydroxyl groups is 1. The molecule has 0 aromatic rings. The van der Waals surface area contributed by atoms with E-state index < -0.39 is 23.9 Å². The van der Waals surface area contributed by atoms with Crippen molar-refractivity contribution in [2.24, 2.45) is 0 Å². The molecule has 0 aromatic heterocycles. The molecular weight excluding hydrogens is 238 g/mol. The molecule has 0 fully saturated rings. The van der Waals surface area contributed by atoms with E-state index in [1.54, 1.807) is 34.6 Å². The van der Waals surface area contributed by atoms with Crippen LogP contribution in [0.25, 0.3) is 0 Å². The van der Waals surface area contributed by atoms with Gasteiger partial charge in [-0.15, -0.1) is 0 Å². The van der Waals surface area contributed by atoms with Gasteiger partial charge in [-0.1, -0.05) is 0 Å². The molecular formula is C12H23NO5. The highest BCUT2D eigenvalue weighted by Gasteiger charge is 2.19. The van der Waals surface area contributed by atoms with Crippen LogP contribution in [0, 0.1) is 0 Å². The van der Waals surface area contributed by atoms with Gasteiger partial charge in [0.15, 0.2) is 0 Å². The molecule has 0 spiro atoms. The maximum atomic E-state index is 11.3. The van der Waals surface area contributed by atoms with E-state index in [1.807, 2.05) is 0 Å². The van der Waals surface area contributed by atoms with Crippen LogP contribution in [0.1, 0.15) is 47.5 Å². The smallest absolute Gasteiger partial charge is 0.409 e. The van der Waals surface area contributed by atoms with Crippen LogP contribution >= 0.6 is 0 Å². The maximum Gasteiger partial charge on any atom is 0.409 e. The Hall–Kier alpha value is -1.30. The minimum Gasteiger partial charge on any atom is -0.463 e. The summed E-state index contributed by atoms with van der Waals surface area (Å²) in [5.41, 5.74) is -0.625. The van der Waals surface area contributed by atoms with E-state index >= 15 is 0 Å². The van der Waals surface area contributed by atoms with Gasteiger partial charge in [0.1, 0.15) is 11.8 Å². The van der Waals surface area contributed by atoms with Crippen LogP contribution in [0.4, 0.5) is 4.79 Å². The van der Waals surface area contributed by atoms with Gasteiger partial charge in [0.25, 0.3) is 0 Å². The van der Waals surface area contributed by atoms with Gasteiger partial charge in [0, 0.05) is 12.8 Å². The first-order valence-corrected chi connectivity index (χ1v) is 5.97. The number of carbonyl (C=O) groups is 2. The molecule has 0 aliphatic rings. The van der Waals surface area contributed by atoms with Gasteiger partial charge in [0.2, 0.25) is 0 Å². The van der Waals surface area contributed by atoms with E-state index in [9.17, 15) is 14.7 Å². The lowest BCUT2D eigenvalue weighted by Gasteiger charge is -2.21. The number of amides is 1. The zero-order chi connectivity index (χ0) is 14.3. The largest absolute Gasteiger partial charge is 0.463 e. The van der Waals surface area contributed by atoms with Crippen molar-refractivity contribution >= 4 is 12.1 Å².